The molecule has 5 nitrogen and oxygen atoms in total. The van der Waals surface area contributed by atoms with Gasteiger partial charge in [-0.15, -0.1) is 0 Å². The van der Waals surface area contributed by atoms with Gasteiger partial charge in [0, 0.05) is 7.05 Å². The molecule has 0 spiro atoms. The van der Waals surface area contributed by atoms with Gasteiger partial charge in [-0.05, 0) is 32.9 Å². The van der Waals surface area contributed by atoms with E-state index in [0.29, 0.717) is 5.69 Å². The highest BCUT2D eigenvalue weighted by atomic mass is 32.2. The first-order valence-corrected chi connectivity index (χ1v) is 7.22. The van der Waals surface area contributed by atoms with Gasteiger partial charge in [0.2, 0.25) is 10.0 Å². The van der Waals surface area contributed by atoms with Crippen molar-refractivity contribution in [2.75, 3.05) is 18.5 Å². The lowest BCUT2D eigenvalue weighted by atomic mass is 10.2. The third-order valence-corrected chi connectivity index (χ3v) is 5.25. The van der Waals surface area contributed by atoms with E-state index in [1.807, 2.05) is 0 Å². The minimum absolute atomic E-state index is 0.223. The van der Waals surface area contributed by atoms with Gasteiger partial charge in [0.05, 0.1) is 23.1 Å². The van der Waals surface area contributed by atoms with Crippen LogP contribution >= 0.6 is 0 Å². The molecular weight excluding hydrogens is 266 g/mol. The standard InChI is InChI=1S/C13H19NO4S/c1-13(2,3)19(16,17)14(4)11-9-7-6-8-10(11)12(15)18-5/h6-9H,1-5H3. The summed E-state index contributed by atoms with van der Waals surface area (Å²) in [5.74, 6) is -0.563. The van der Waals surface area contributed by atoms with Crippen LogP contribution in [-0.4, -0.2) is 33.3 Å². The predicted molar refractivity (Wildman–Crippen MR) is 74.9 cm³/mol. The van der Waals surface area contributed by atoms with Crippen LogP contribution in [0.25, 0.3) is 0 Å². The van der Waals surface area contributed by atoms with E-state index in [0.717, 1.165) is 4.31 Å². The number of anilines is 1. The highest BCUT2D eigenvalue weighted by molar-refractivity contribution is 7.94. The summed E-state index contributed by atoms with van der Waals surface area (Å²) in [5, 5.41) is 0. The van der Waals surface area contributed by atoms with E-state index in [-0.39, 0.29) is 5.56 Å². The first kappa shape index (κ1) is 15.5. The molecule has 0 radical (unpaired) electrons. The second-order valence-corrected chi connectivity index (χ2v) is 7.82. The molecule has 1 aromatic carbocycles. The van der Waals surface area contributed by atoms with E-state index in [9.17, 15) is 13.2 Å². The van der Waals surface area contributed by atoms with Gasteiger partial charge in [0.1, 0.15) is 0 Å². The Morgan fingerprint density at radius 1 is 1.21 bits per heavy atom. The van der Waals surface area contributed by atoms with Crippen molar-refractivity contribution in [2.24, 2.45) is 0 Å². The van der Waals surface area contributed by atoms with Gasteiger partial charge in [-0.2, -0.15) is 0 Å². The highest BCUT2D eigenvalue weighted by Crippen LogP contribution is 2.28. The predicted octanol–water partition coefficient (Wildman–Crippen LogP) is 2.04. The van der Waals surface area contributed by atoms with Crippen molar-refractivity contribution in [3.63, 3.8) is 0 Å². The van der Waals surface area contributed by atoms with Crippen LogP contribution in [0.15, 0.2) is 24.3 Å². The van der Waals surface area contributed by atoms with Crippen LogP contribution in [0.1, 0.15) is 31.1 Å². The molecule has 0 heterocycles. The van der Waals surface area contributed by atoms with Gasteiger partial charge in [0.25, 0.3) is 0 Å². The van der Waals surface area contributed by atoms with Crippen LogP contribution in [-0.2, 0) is 14.8 Å². The zero-order valence-corrected chi connectivity index (χ0v) is 12.6. The summed E-state index contributed by atoms with van der Waals surface area (Å²) in [6.07, 6.45) is 0. The molecule has 106 valence electrons. The fourth-order valence-corrected chi connectivity index (χ4v) is 2.81. The number of ether oxygens (including phenoxy) is 1. The van der Waals surface area contributed by atoms with E-state index in [1.165, 1.54) is 20.2 Å². The number of carbonyl (C=O) groups is 1. The number of para-hydroxylation sites is 1. The molecule has 0 saturated heterocycles. The number of nitrogens with zero attached hydrogens (tertiary/aromatic N) is 1. The Balaban J connectivity index is 3.36. The van der Waals surface area contributed by atoms with E-state index < -0.39 is 20.7 Å². The van der Waals surface area contributed by atoms with Crippen LogP contribution < -0.4 is 4.31 Å². The Bertz CT molecular complexity index is 573. The number of methoxy groups -OCH3 is 1. The van der Waals surface area contributed by atoms with Crippen molar-refractivity contribution >= 4 is 21.7 Å². The maximum Gasteiger partial charge on any atom is 0.340 e. The summed E-state index contributed by atoms with van der Waals surface area (Å²) in [7, 11) is -0.874. The van der Waals surface area contributed by atoms with Gasteiger partial charge in [-0.3, -0.25) is 4.31 Å². The van der Waals surface area contributed by atoms with Crippen molar-refractivity contribution in [3.8, 4) is 0 Å². The van der Waals surface area contributed by atoms with Gasteiger partial charge in [-0.25, -0.2) is 13.2 Å². The topological polar surface area (TPSA) is 63.7 Å². The van der Waals surface area contributed by atoms with Crippen LogP contribution in [0.3, 0.4) is 0 Å². The highest BCUT2D eigenvalue weighted by Gasteiger charge is 2.34. The lowest BCUT2D eigenvalue weighted by molar-refractivity contribution is 0.0601. The number of hydrogen-bond acceptors (Lipinski definition) is 4. The van der Waals surface area contributed by atoms with Gasteiger partial charge < -0.3 is 4.74 Å². The van der Waals surface area contributed by atoms with Crippen LogP contribution in [0, 0.1) is 0 Å². The summed E-state index contributed by atoms with van der Waals surface area (Å²) in [6, 6.07) is 6.45. The summed E-state index contributed by atoms with van der Waals surface area (Å²) < 4.78 is 29.6. The first-order valence-electron chi connectivity index (χ1n) is 5.78. The third kappa shape index (κ3) is 2.89. The molecule has 1 rings (SSSR count). The molecule has 6 heteroatoms. The normalized spacial score (nSPS) is 12.1. The molecule has 0 bridgehead atoms. The molecule has 0 aromatic heterocycles. The van der Waals surface area contributed by atoms with Gasteiger partial charge in [-0.1, -0.05) is 12.1 Å². The van der Waals surface area contributed by atoms with Gasteiger partial charge in [0.15, 0.2) is 0 Å². The molecule has 0 fully saturated rings. The lowest BCUT2D eigenvalue weighted by Crippen LogP contribution is -2.41. The number of hydrogen-bond donors (Lipinski definition) is 0. The second kappa shape index (κ2) is 5.21. The summed E-state index contributed by atoms with van der Waals surface area (Å²) in [6.45, 7) is 4.83. The van der Waals surface area contributed by atoms with Crippen LogP contribution in [0.4, 0.5) is 5.69 Å². The maximum absolute atomic E-state index is 12.4. The van der Waals surface area contributed by atoms with E-state index in [4.69, 9.17) is 0 Å². The average Bonchev–Trinajstić information content (AvgIpc) is 2.35. The van der Waals surface area contributed by atoms with Crippen molar-refractivity contribution in [3.05, 3.63) is 29.8 Å². The Morgan fingerprint density at radius 3 is 2.21 bits per heavy atom. The van der Waals surface area contributed by atoms with Crippen molar-refractivity contribution < 1.29 is 17.9 Å². The number of carbonyl (C=O) groups excluding carboxylic acids is 1. The SMILES string of the molecule is COC(=O)c1ccccc1N(C)S(=O)(=O)C(C)(C)C. The molecule has 1 aromatic rings. The molecule has 0 aliphatic carbocycles. The Labute approximate surface area is 114 Å². The Kier molecular flexibility index (Phi) is 4.25. The average molecular weight is 285 g/mol. The van der Waals surface area contributed by atoms with Crippen LogP contribution in [0.5, 0.6) is 0 Å². The quantitative estimate of drug-likeness (QED) is 0.797. The summed E-state index contributed by atoms with van der Waals surface area (Å²) >= 11 is 0. The third-order valence-electron chi connectivity index (χ3n) is 2.78. The minimum atomic E-state index is -3.57. The molecular formula is C13H19NO4S. The Morgan fingerprint density at radius 2 is 1.74 bits per heavy atom. The molecule has 0 amide bonds. The summed E-state index contributed by atoms with van der Waals surface area (Å²) in [4.78, 5) is 11.7. The zero-order valence-electron chi connectivity index (χ0n) is 11.8. The number of benzene rings is 1. The minimum Gasteiger partial charge on any atom is -0.465 e. The van der Waals surface area contributed by atoms with E-state index in [2.05, 4.69) is 4.74 Å². The van der Waals surface area contributed by atoms with Crippen molar-refractivity contribution in [2.45, 2.75) is 25.5 Å². The second-order valence-electron chi connectivity index (χ2n) is 5.09. The molecule has 0 atom stereocenters. The monoisotopic (exact) mass is 285 g/mol. The largest absolute Gasteiger partial charge is 0.465 e. The van der Waals surface area contributed by atoms with Crippen molar-refractivity contribution in [1.29, 1.82) is 0 Å². The first-order chi connectivity index (χ1) is 8.63. The molecule has 0 aliphatic rings. The van der Waals surface area contributed by atoms with Crippen LogP contribution in [0.2, 0.25) is 0 Å². The molecule has 19 heavy (non-hydrogen) atoms. The molecule has 0 aliphatic heterocycles. The van der Waals surface area contributed by atoms with Crippen molar-refractivity contribution in [1.82, 2.24) is 0 Å². The van der Waals surface area contributed by atoms with Gasteiger partial charge >= 0.3 is 5.97 Å². The summed E-state index contributed by atoms with van der Waals surface area (Å²) in [5.41, 5.74) is 0.532. The fourth-order valence-electron chi connectivity index (χ4n) is 1.57. The molecule has 0 saturated carbocycles. The maximum atomic E-state index is 12.4. The van der Waals surface area contributed by atoms with E-state index >= 15 is 0 Å². The zero-order chi connectivity index (χ0) is 14.8. The number of rotatable bonds is 3. The smallest absolute Gasteiger partial charge is 0.340 e. The fraction of sp³-hybridized carbons (Fsp3) is 0.462. The molecule has 0 N–H and O–H groups in total. The molecule has 0 unspecified atom stereocenters. The Hall–Kier alpha value is -1.56. The number of sulfonamides is 1. The van der Waals surface area contributed by atoms with E-state index in [1.54, 1.807) is 39.0 Å². The lowest BCUT2D eigenvalue weighted by Gasteiger charge is -2.29. The number of esters is 1.